The number of fused-ring (bicyclic) bond motifs is 2. The van der Waals surface area contributed by atoms with Gasteiger partial charge in [-0.15, -0.1) is 0 Å². The van der Waals surface area contributed by atoms with Crippen molar-refractivity contribution < 1.29 is 60.0 Å². The third-order valence-electron chi connectivity index (χ3n) is 11.3. The molecule has 0 unspecified atom stereocenters. The Morgan fingerprint density at radius 2 is 1.17 bits per heavy atom. The normalized spacial score (nSPS) is 11.7. The highest BCUT2D eigenvalue weighted by molar-refractivity contribution is 7.93. The minimum atomic E-state index is -4.20. The smallest absolute Gasteiger partial charge is 0.309 e. The maximum atomic E-state index is 13.6. The third kappa shape index (κ3) is 14.6. The molecule has 0 bridgehead atoms. The van der Waals surface area contributed by atoms with Gasteiger partial charge in [0.1, 0.15) is 27.9 Å². The van der Waals surface area contributed by atoms with Crippen molar-refractivity contribution in [2.24, 2.45) is 0 Å². The number of aromatic amines is 1. The van der Waals surface area contributed by atoms with Crippen molar-refractivity contribution in [3.63, 3.8) is 0 Å². The molecule has 406 valence electrons. The number of aliphatic carboxylic acids is 1. The van der Waals surface area contributed by atoms with Crippen molar-refractivity contribution in [3.8, 4) is 34.5 Å². The Kier molecular flexibility index (Phi) is 18.6. The summed E-state index contributed by atoms with van der Waals surface area (Å²) in [5, 5.41) is 21.7. The first kappa shape index (κ1) is 57.9. The number of aromatic nitrogens is 4. The van der Waals surface area contributed by atoms with E-state index in [1.54, 1.807) is 65.5 Å². The van der Waals surface area contributed by atoms with Crippen LogP contribution in [0.5, 0.6) is 34.5 Å². The van der Waals surface area contributed by atoms with E-state index in [1.807, 2.05) is 0 Å². The minimum absolute atomic E-state index is 0.0380. The first-order valence-corrected chi connectivity index (χ1v) is 31.1. The number of esters is 1. The van der Waals surface area contributed by atoms with Crippen molar-refractivity contribution >= 4 is 120 Å². The second-order valence-corrected chi connectivity index (χ2v) is 28.6. The van der Waals surface area contributed by atoms with E-state index in [1.165, 1.54) is 70.0 Å². The zero-order chi connectivity index (χ0) is 55.8. The average Bonchev–Trinajstić information content (AvgIpc) is 4.04. The van der Waals surface area contributed by atoms with Gasteiger partial charge in [0.25, 0.3) is 20.0 Å². The average molecular weight is 1190 g/mol. The quantitative estimate of drug-likeness (QED) is 0.0297. The number of anilines is 2. The number of carbonyl (C=O) groups excluding carboxylic acids is 1. The molecule has 0 aliphatic heterocycles. The fraction of sp³-hybridized carbons (Fsp3) is 0.216. The topological polar surface area (TPSA) is 249 Å². The van der Waals surface area contributed by atoms with Crippen molar-refractivity contribution in [2.75, 3.05) is 37.4 Å². The predicted molar refractivity (Wildman–Crippen MR) is 298 cm³/mol. The van der Waals surface area contributed by atoms with E-state index in [-0.39, 0.29) is 73.8 Å². The van der Waals surface area contributed by atoms with Gasteiger partial charge in [-0.2, -0.15) is 10.2 Å². The number of methoxy groups -OCH3 is 3. The number of hydrogen-bond acceptors (Lipinski definition) is 14. The molecule has 2 aromatic heterocycles. The van der Waals surface area contributed by atoms with Gasteiger partial charge >= 0.3 is 11.9 Å². The number of benzene rings is 6. The minimum Gasteiger partial charge on any atom is -0.493 e. The number of carbonyl (C=O) groups is 2. The predicted octanol–water partition coefficient (Wildman–Crippen LogP) is 12.1. The molecule has 0 amide bonds. The standard InChI is InChI=1S/C29H33Cl2N3O7SSi.C22H17Cl2N3O6S/c1-38-26-14-19(15-28(35)39-2)6-9-24(26)41-25-10-8-23-21(17-32-34(23)18-40-12-13-43(3,4)5)29(25)33-42(36,37)27-11-7-20(30)16-22(27)31;1-32-19-8-12(9-21(28)29)2-5-17(19)33-18-6-4-16-14(11-25-26-16)22(18)27-34(30,31)20-7-3-13(23)10-15(20)24/h6-11,14,16-17,33H,12-13,15,18H2,1-5H3;2-8,10-11,27H,9H2,1H3,(H,25,26)(H,28,29). The second kappa shape index (κ2) is 24.7. The first-order valence-electron chi connectivity index (χ1n) is 23.0. The van der Waals surface area contributed by atoms with Gasteiger partial charge in [-0.1, -0.05) is 78.2 Å². The highest BCUT2D eigenvalue weighted by Gasteiger charge is 2.26. The van der Waals surface area contributed by atoms with Crippen molar-refractivity contribution in [3.05, 3.63) is 141 Å². The van der Waals surface area contributed by atoms with Crippen LogP contribution in [0.3, 0.4) is 0 Å². The highest BCUT2D eigenvalue weighted by atomic mass is 35.5. The number of nitrogens with zero attached hydrogens (tertiary/aromatic N) is 3. The number of sulfonamides is 2. The highest BCUT2D eigenvalue weighted by Crippen LogP contribution is 2.43. The van der Waals surface area contributed by atoms with E-state index in [0.29, 0.717) is 61.1 Å². The number of rotatable bonds is 21. The number of carboxylic acid groups (broad SMARTS) is 1. The number of carboxylic acids is 1. The van der Waals surface area contributed by atoms with E-state index >= 15 is 0 Å². The summed E-state index contributed by atoms with van der Waals surface area (Å²) in [5.74, 6) is 0.111. The number of nitrogens with one attached hydrogen (secondary N) is 3. The van der Waals surface area contributed by atoms with Crippen LogP contribution in [0.4, 0.5) is 11.4 Å². The lowest BCUT2D eigenvalue weighted by molar-refractivity contribution is -0.140. The fourth-order valence-electron chi connectivity index (χ4n) is 7.37. The van der Waals surface area contributed by atoms with E-state index in [0.717, 1.165) is 6.04 Å². The number of H-pyrrole nitrogens is 1. The molecule has 0 saturated carbocycles. The second-order valence-electron chi connectivity index (χ2n) is 18.0. The first-order chi connectivity index (χ1) is 36.5. The maximum Gasteiger partial charge on any atom is 0.309 e. The van der Waals surface area contributed by atoms with Gasteiger partial charge in [0, 0.05) is 35.5 Å². The zero-order valence-corrected chi connectivity index (χ0v) is 47.6. The molecule has 0 radical (unpaired) electrons. The third-order valence-corrected chi connectivity index (χ3v) is 17.1. The SMILES string of the molecule is COC(=O)Cc1ccc(Oc2ccc3c(cnn3COCC[Si](C)(C)C)c2NS(=O)(=O)c2ccc(Cl)cc2Cl)c(OC)c1.COc1cc(CC(=O)O)ccc1Oc1ccc2[nH]ncc2c1NS(=O)(=O)c1ccc(Cl)cc1Cl. The Morgan fingerprint density at radius 3 is 1.68 bits per heavy atom. The van der Waals surface area contributed by atoms with Crippen LogP contribution in [0, 0.1) is 0 Å². The van der Waals surface area contributed by atoms with Crippen LogP contribution in [-0.4, -0.2) is 89.9 Å². The molecule has 2 heterocycles. The van der Waals surface area contributed by atoms with Crippen molar-refractivity contribution in [2.45, 2.75) is 55.0 Å². The van der Waals surface area contributed by atoms with E-state index in [9.17, 15) is 26.4 Å². The van der Waals surface area contributed by atoms with Crippen LogP contribution in [0.1, 0.15) is 11.1 Å². The van der Waals surface area contributed by atoms with Gasteiger partial charge in [0.05, 0.1) is 67.6 Å². The molecule has 0 spiro atoms. The molecule has 6 aromatic carbocycles. The molecule has 4 N–H and O–H groups in total. The molecule has 0 aliphatic rings. The molecule has 8 aromatic rings. The molecule has 8 rings (SSSR count). The van der Waals surface area contributed by atoms with Gasteiger partial charge in [-0.05, 0) is 102 Å². The summed E-state index contributed by atoms with van der Waals surface area (Å²) in [6, 6.07) is 25.4. The molecule has 0 saturated heterocycles. The molecular weight excluding hydrogens is 1140 g/mol. The van der Waals surface area contributed by atoms with Gasteiger partial charge < -0.3 is 33.5 Å². The molecule has 77 heavy (non-hydrogen) atoms. The van der Waals surface area contributed by atoms with E-state index < -0.39 is 40.1 Å². The lowest BCUT2D eigenvalue weighted by Crippen LogP contribution is -2.22. The van der Waals surface area contributed by atoms with E-state index in [4.69, 9.17) is 79.9 Å². The molecular formula is C51H50Cl4N6O13S2Si. The van der Waals surface area contributed by atoms with Crippen LogP contribution >= 0.6 is 46.4 Å². The number of halogens is 4. The lowest BCUT2D eigenvalue weighted by Gasteiger charge is -2.17. The summed E-state index contributed by atoms with van der Waals surface area (Å²) in [6.07, 6.45) is 2.86. The maximum absolute atomic E-state index is 13.6. The number of ether oxygens (including phenoxy) is 6. The van der Waals surface area contributed by atoms with Crippen molar-refractivity contribution in [1.82, 2.24) is 20.0 Å². The Balaban J connectivity index is 0.000000230. The summed E-state index contributed by atoms with van der Waals surface area (Å²) < 4.78 is 94.0. The molecule has 0 fully saturated rings. The van der Waals surface area contributed by atoms with Crippen LogP contribution < -0.4 is 28.4 Å². The Hall–Kier alpha value is -6.76. The molecule has 19 nitrogen and oxygen atoms in total. The monoisotopic (exact) mass is 1190 g/mol. The van der Waals surface area contributed by atoms with Crippen LogP contribution in [0.2, 0.25) is 45.8 Å². The fourth-order valence-corrected chi connectivity index (χ4v) is 11.9. The van der Waals surface area contributed by atoms with Gasteiger partial charge in [0.2, 0.25) is 0 Å². The van der Waals surface area contributed by atoms with Crippen LogP contribution in [-0.2, 0) is 58.7 Å². The van der Waals surface area contributed by atoms with Gasteiger partial charge in [0.15, 0.2) is 34.5 Å². The zero-order valence-electron chi connectivity index (χ0n) is 41.9. The summed E-state index contributed by atoms with van der Waals surface area (Å²) in [4.78, 5) is 22.4. The number of hydrogen-bond donors (Lipinski definition) is 4. The summed E-state index contributed by atoms with van der Waals surface area (Å²) in [6.45, 7) is 7.61. The summed E-state index contributed by atoms with van der Waals surface area (Å²) >= 11 is 24.3. The Morgan fingerprint density at radius 1 is 0.649 bits per heavy atom. The van der Waals surface area contributed by atoms with E-state index in [2.05, 4.69) is 44.4 Å². The Bertz CT molecular complexity index is 3730. The lowest BCUT2D eigenvalue weighted by atomic mass is 10.1. The molecule has 0 atom stereocenters. The van der Waals surface area contributed by atoms with Crippen LogP contribution in [0.25, 0.3) is 21.8 Å². The van der Waals surface area contributed by atoms with Crippen molar-refractivity contribution in [1.29, 1.82) is 0 Å². The molecule has 26 heteroatoms. The van der Waals surface area contributed by atoms with Gasteiger partial charge in [-0.25, -0.2) is 21.5 Å². The largest absolute Gasteiger partial charge is 0.493 e. The molecule has 0 aliphatic carbocycles. The summed E-state index contributed by atoms with van der Waals surface area (Å²) in [5.41, 5.74) is 2.61. The van der Waals surface area contributed by atoms with Gasteiger partial charge in [-0.3, -0.25) is 24.1 Å². The summed E-state index contributed by atoms with van der Waals surface area (Å²) in [7, 11) is -5.42. The Labute approximate surface area is 464 Å². The van der Waals surface area contributed by atoms with Crippen LogP contribution in [0.15, 0.2) is 119 Å².